The number of nitrogens with two attached hydrogens (primary N) is 1. The van der Waals surface area contributed by atoms with Crippen molar-refractivity contribution in [2.24, 2.45) is 5.73 Å². The Labute approximate surface area is 187 Å². The number of ether oxygens (including phenoxy) is 1. The summed E-state index contributed by atoms with van der Waals surface area (Å²) in [6, 6.07) is 14.6. The van der Waals surface area contributed by atoms with Crippen molar-refractivity contribution < 1.29 is 19.1 Å². The molecule has 3 amide bonds. The van der Waals surface area contributed by atoms with Gasteiger partial charge in [0.2, 0.25) is 11.8 Å². The lowest BCUT2D eigenvalue weighted by Crippen LogP contribution is -2.52. The highest BCUT2D eigenvalue weighted by atomic mass is 16.5. The fourth-order valence-corrected chi connectivity index (χ4v) is 3.97. The number of rotatable bonds is 9. The minimum Gasteiger partial charge on any atom is -0.449 e. The normalized spacial score (nSPS) is 14.0. The number of fused-ring (bicyclic) bond motifs is 3. The standard InChI is InChI=1S/C24H30N4O4/c1-15(22(29)26-2)27-23(30)21(12-7-13-25)28-24(31)32-14-20-18-10-5-3-8-16(18)17-9-4-6-11-19(17)20/h3-6,8-11,15,20-21H,7,12-14,25H2,1-2H3,(H,26,29)(H,27,30)(H,28,31)/t15-,21-/m0/s1. The van der Waals surface area contributed by atoms with Crippen LogP contribution in [0.5, 0.6) is 0 Å². The predicted octanol–water partition coefficient (Wildman–Crippen LogP) is 1.88. The van der Waals surface area contributed by atoms with Crippen molar-refractivity contribution in [1.82, 2.24) is 16.0 Å². The molecule has 32 heavy (non-hydrogen) atoms. The summed E-state index contributed by atoms with van der Waals surface area (Å²) in [5.41, 5.74) is 10.1. The quantitative estimate of drug-likeness (QED) is 0.476. The Bertz CT molecular complexity index is 932. The monoisotopic (exact) mass is 438 g/mol. The third-order valence-corrected chi connectivity index (χ3v) is 5.65. The molecule has 5 N–H and O–H groups in total. The first-order chi connectivity index (χ1) is 15.5. The third-order valence-electron chi connectivity index (χ3n) is 5.65. The van der Waals surface area contributed by atoms with Crippen LogP contribution in [0.25, 0.3) is 11.1 Å². The Kier molecular flexibility index (Phi) is 7.83. The van der Waals surface area contributed by atoms with E-state index in [9.17, 15) is 14.4 Å². The van der Waals surface area contributed by atoms with E-state index < -0.39 is 24.1 Å². The summed E-state index contributed by atoms with van der Waals surface area (Å²) in [4.78, 5) is 36.9. The van der Waals surface area contributed by atoms with E-state index in [1.54, 1.807) is 6.92 Å². The van der Waals surface area contributed by atoms with Gasteiger partial charge in [0.15, 0.2) is 0 Å². The fraction of sp³-hybridized carbons (Fsp3) is 0.375. The van der Waals surface area contributed by atoms with Gasteiger partial charge in [-0.2, -0.15) is 0 Å². The van der Waals surface area contributed by atoms with E-state index in [1.807, 2.05) is 36.4 Å². The zero-order valence-electron chi connectivity index (χ0n) is 18.4. The number of carbonyl (C=O) groups is 3. The van der Waals surface area contributed by atoms with Crippen LogP contribution in [-0.4, -0.2) is 50.2 Å². The van der Waals surface area contributed by atoms with Crippen LogP contribution in [-0.2, 0) is 14.3 Å². The van der Waals surface area contributed by atoms with Gasteiger partial charge in [-0.3, -0.25) is 9.59 Å². The zero-order chi connectivity index (χ0) is 23.1. The van der Waals surface area contributed by atoms with Crippen molar-refractivity contribution >= 4 is 17.9 Å². The van der Waals surface area contributed by atoms with Crippen LogP contribution in [0.15, 0.2) is 48.5 Å². The number of hydrogen-bond acceptors (Lipinski definition) is 5. The Morgan fingerprint density at radius 1 is 0.969 bits per heavy atom. The lowest BCUT2D eigenvalue weighted by molar-refractivity contribution is -0.129. The van der Waals surface area contributed by atoms with Crippen molar-refractivity contribution in [3.63, 3.8) is 0 Å². The van der Waals surface area contributed by atoms with Gasteiger partial charge in [-0.15, -0.1) is 0 Å². The van der Waals surface area contributed by atoms with Crippen molar-refractivity contribution in [2.45, 2.75) is 37.8 Å². The molecule has 1 aliphatic rings. The molecule has 8 heteroatoms. The molecule has 0 aliphatic heterocycles. The molecule has 0 fully saturated rings. The number of alkyl carbamates (subject to hydrolysis) is 1. The predicted molar refractivity (Wildman–Crippen MR) is 122 cm³/mol. The number of amides is 3. The molecule has 2 aromatic rings. The minimum atomic E-state index is -0.846. The Hall–Kier alpha value is -3.39. The highest BCUT2D eigenvalue weighted by Gasteiger charge is 2.30. The number of benzene rings is 2. The topological polar surface area (TPSA) is 123 Å². The summed E-state index contributed by atoms with van der Waals surface area (Å²) in [6.07, 6.45) is 0.194. The average molecular weight is 439 g/mol. The zero-order valence-corrected chi connectivity index (χ0v) is 18.4. The third kappa shape index (κ3) is 5.26. The Morgan fingerprint density at radius 2 is 1.56 bits per heavy atom. The number of likely N-dealkylation sites (N-methyl/N-ethyl adjacent to an activating group) is 1. The van der Waals surface area contributed by atoms with Gasteiger partial charge in [-0.1, -0.05) is 48.5 Å². The van der Waals surface area contributed by atoms with Gasteiger partial charge in [-0.05, 0) is 48.6 Å². The van der Waals surface area contributed by atoms with Crippen molar-refractivity contribution in [3.8, 4) is 11.1 Å². The summed E-state index contributed by atoms with van der Waals surface area (Å²) in [6.45, 7) is 2.10. The molecule has 0 saturated carbocycles. The van der Waals surface area contributed by atoms with Gasteiger partial charge in [0.1, 0.15) is 18.7 Å². The van der Waals surface area contributed by atoms with Gasteiger partial charge in [-0.25, -0.2) is 4.79 Å². The maximum Gasteiger partial charge on any atom is 0.407 e. The fourth-order valence-electron chi connectivity index (χ4n) is 3.97. The molecule has 0 saturated heterocycles. The molecular weight excluding hydrogens is 408 g/mol. The molecule has 170 valence electrons. The van der Waals surface area contributed by atoms with E-state index in [-0.39, 0.29) is 18.4 Å². The van der Waals surface area contributed by atoms with E-state index in [0.29, 0.717) is 19.4 Å². The first-order valence-electron chi connectivity index (χ1n) is 10.8. The van der Waals surface area contributed by atoms with Crippen LogP contribution < -0.4 is 21.7 Å². The Balaban J connectivity index is 1.64. The van der Waals surface area contributed by atoms with E-state index in [2.05, 4.69) is 28.1 Å². The Morgan fingerprint density at radius 3 is 2.12 bits per heavy atom. The van der Waals surface area contributed by atoms with Gasteiger partial charge in [0.25, 0.3) is 0 Å². The smallest absolute Gasteiger partial charge is 0.407 e. The minimum absolute atomic E-state index is 0.0715. The largest absolute Gasteiger partial charge is 0.449 e. The molecule has 0 spiro atoms. The van der Waals surface area contributed by atoms with Crippen molar-refractivity contribution in [3.05, 3.63) is 59.7 Å². The number of hydrogen-bond donors (Lipinski definition) is 4. The SMILES string of the molecule is CNC(=O)[C@H](C)NC(=O)[C@H](CCCN)NC(=O)OCC1c2ccccc2-c2ccccc21. The van der Waals surface area contributed by atoms with Crippen LogP contribution in [0.4, 0.5) is 4.79 Å². The van der Waals surface area contributed by atoms with Crippen LogP contribution in [0, 0.1) is 0 Å². The molecule has 0 aromatic heterocycles. The molecule has 8 nitrogen and oxygen atoms in total. The van der Waals surface area contributed by atoms with Crippen LogP contribution in [0.2, 0.25) is 0 Å². The van der Waals surface area contributed by atoms with Gasteiger partial charge in [0, 0.05) is 13.0 Å². The van der Waals surface area contributed by atoms with E-state index in [0.717, 1.165) is 22.3 Å². The number of nitrogens with one attached hydrogen (secondary N) is 3. The maximum absolute atomic E-state index is 12.6. The molecule has 0 bridgehead atoms. The van der Waals surface area contributed by atoms with Crippen LogP contribution >= 0.6 is 0 Å². The summed E-state index contributed by atoms with van der Waals surface area (Å²) < 4.78 is 5.53. The van der Waals surface area contributed by atoms with E-state index >= 15 is 0 Å². The van der Waals surface area contributed by atoms with Gasteiger partial charge in [0.05, 0.1) is 0 Å². The lowest BCUT2D eigenvalue weighted by atomic mass is 9.98. The van der Waals surface area contributed by atoms with Crippen LogP contribution in [0.3, 0.4) is 0 Å². The maximum atomic E-state index is 12.6. The van der Waals surface area contributed by atoms with E-state index in [1.165, 1.54) is 7.05 Å². The summed E-state index contributed by atoms with van der Waals surface area (Å²) in [5, 5.41) is 7.71. The molecule has 1 aliphatic carbocycles. The summed E-state index contributed by atoms with van der Waals surface area (Å²) in [7, 11) is 1.49. The summed E-state index contributed by atoms with van der Waals surface area (Å²) in [5.74, 6) is -0.849. The summed E-state index contributed by atoms with van der Waals surface area (Å²) >= 11 is 0. The molecule has 3 rings (SSSR count). The van der Waals surface area contributed by atoms with Crippen LogP contribution in [0.1, 0.15) is 36.8 Å². The van der Waals surface area contributed by atoms with Gasteiger partial charge < -0.3 is 26.4 Å². The van der Waals surface area contributed by atoms with Gasteiger partial charge >= 0.3 is 6.09 Å². The second-order valence-electron chi connectivity index (χ2n) is 7.80. The molecule has 2 aromatic carbocycles. The molecule has 2 atom stereocenters. The molecule has 0 heterocycles. The molecule has 0 radical (unpaired) electrons. The van der Waals surface area contributed by atoms with E-state index in [4.69, 9.17) is 10.5 Å². The second kappa shape index (κ2) is 10.8. The average Bonchev–Trinajstić information content (AvgIpc) is 3.13. The lowest BCUT2D eigenvalue weighted by Gasteiger charge is -2.21. The molecule has 0 unspecified atom stereocenters. The van der Waals surface area contributed by atoms with Crippen molar-refractivity contribution in [1.29, 1.82) is 0 Å². The van der Waals surface area contributed by atoms with Crippen molar-refractivity contribution in [2.75, 3.05) is 20.2 Å². The first-order valence-corrected chi connectivity index (χ1v) is 10.8. The second-order valence-corrected chi connectivity index (χ2v) is 7.80. The number of carbonyl (C=O) groups excluding carboxylic acids is 3. The molecular formula is C24H30N4O4. The first kappa shape index (κ1) is 23.3. The highest BCUT2D eigenvalue weighted by Crippen LogP contribution is 2.44. The highest BCUT2D eigenvalue weighted by molar-refractivity contribution is 5.91.